The average Bonchev–Trinajstić information content (AvgIpc) is 3.47. The Balaban J connectivity index is 1.29. The number of halogens is 1. The van der Waals surface area contributed by atoms with Crippen molar-refractivity contribution in [2.24, 2.45) is 0 Å². The topological polar surface area (TPSA) is 86.5 Å². The first-order chi connectivity index (χ1) is 15.2. The molecule has 5 rings (SSSR count). The molecule has 31 heavy (non-hydrogen) atoms. The monoisotopic (exact) mass is 417 g/mol. The Hall–Kier alpha value is -4.20. The molecule has 1 aliphatic rings. The molecule has 0 saturated carbocycles. The summed E-state index contributed by atoms with van der Waals surface area (Å²) in [6.07, 6.45) is 0. The number of benzene rings is 3. The maximum atomic E-state index is 13.1. The molecule has 0 spiro atoms. The minimum absolute atomic E-state index is 0.205. The van der Waals surface area contributed by atoms with Crippen molar-refractivity contribution in [3.63, 3.8) is 0 Å². The molecular weight excluding hydrogens is 401 g/mol. The van der Waals surface area contributed by atoms with E-state index in [9.17, 15) is 9.18 Å². The molecule has 1 amide bonds. The summed E-state index contributed by atoms with van der Waals surface area (Å²) < 4.78 is 29.1. The van der Waals surface area contributed by atoms with Gasteiger partial charge in [0.2, 0.25) is 12.6 Å². The van der Waals surface area contributed by atoms with E-state index in [1.165, 1.54) is 12.1 Å². The van der Waals surface area contributed by atoms with Crippen LogP contribution in [0.15, 0.2) is 71.3 Å². The summed E-state index contributed by atoms with van der Waals surface area (Å²) in [5, 5.41) is 6.82. The average molecular weight is 417 g/mol. The fourth-order valence-corrected chi connectivity index (χ4v) is 3.19. The Labute approximate surface area is 176 Å². The van der Waals surface area contributed by atoms with Gasteiger partial charge in [-0.25, -0.2) is 4.39 Å². The molecule has 0 aliphatic carbocycles. The molecule has 1 aromatic heterocycles. The summed E-state index contributed by atoms with van der Waals surface area (Å²) in [6.45, 7) is 0.547. The van der Waals surface area contributed by atoms with Crippen molar-refractivity contribution in [2.75, 3.05) is 6.79 Å². The highest BCUT2D eigenvalue weighted by Gasteiger charge is 2.15. The van der Waals surface area contributed by atoms with Crippen LogP contribution in [-0.2, 0) is 6.54 Å². The number of nitrogens with zero attached hydrogens (tertiary/aromatic N) is 2. The second-order valence-corrected chi connectivity index (χ2v) is 6.88. The predicted molar refractivity (Wildman–Crippen MR) is 109 cm³/mol. The molecule has 0 unspecified atom stereocenters. The number of rotatable bonds is 5. The van der Waals surface area contributed by atoms with Crippen LogP contribution in [0.5, 0.6) is 11.5 Å². The molecule has 0 bridgehead atoms. The number of amides is 1. The highest BCUT2D eigenvalue weighted by atomic mass is 19.1. The lowest BCUT2D eigenvalue weighted by Crippen LogP contribution is -2.22. The Bertz CT molecular complexity index is 1250. The van der Waals surface area contributed by atoms with Gasteiger partial charge in [-0.2, -0.15) is 4.98 Å². The number of carbonyl (C=O) groups is 1. The lowest BCUT2D eigenvalue weighted by molar-refractivity contribution is 0.0951. The minimum Gasteiger partial charge on any atom is -0.454 e. The molecule has 7 nitrogen and oxygen atoms in total. The Morgan fingerprint density at radius 3 is 2.68 bits per heavy atom. The van der Waals surface area contributed by atoms with Crippen molar-refractivity contribution in [3.8, 4) is 34.3 Å². The molecule has 4 aromatic rings. The Morgan fingerprint density at radius 2 is 1.81 bits per heavy atom. The third-order valence-corrected chi connectivity index (χ3v) is 4.79. The third kappa shape index (κ3) is 3.95. The van der Waals surface area contributed by atoms with E-state index in [-0.39, 0.29) is 24.4 Å². The van der Waals surface area contributed by atoms with E-state index >= 15 is 0 Å². The van der Waals surface area contributed by atoms with Crippen LogP contribution in [0.2, 0.25) is 0 Å². The quantitative estimate of drug-likeness (QED) is 0.524. The molecule has 2 heterocycles. The molecule has 1 N–H and O–H groups in total. The van der Waals surface area contributed by atoms with Gasteiger partial charge in [0, 0.05) is 23.2 Å². The molecule has 0 fully saturated rings. The van der Waals surface area contributed by atoms with Gasteiger partial charge in [-0.05, 0) is 60.2 Å². The van der Waals surface area contributed by atoms with Crippen molar-refractivity contribution in [1.82, 2.24) is 15.5 Å². The molecule has 3 aromatic carbocycles. The number of hydrogen-bond donors (Lipinski definition) is 1. The fourth-order valence-electron chi connectivity index (χ4n) is 3.19. The summed E-state index contributed by atoms with van der Waals surface area (Å²) >= 11 is 0. The third-order valence-electron chi connectivity index (χ3n) is 4.79. The normalized spacial score (nSPS) is 12.0. The lowest BCUT2D eigenvalue weighted by Gasteiger charge is -2.07. The summed E-state index contributed by atoms with van der Waals surface area (Å²) in [5.74, 6) is 1.39. The maximum absolute atomic E-state index is 13.1. The molecule has 0 radical (unpaired) electrons. The number of hydrogen-bond acceptors (Lipinski definition) is 6. The van der Waals surface area contributed by atoms with Crippen LogP contribution in [0.25, 0.3) is 22.8 Å². The summed E-state index contributed by atoms with van der Waals surface area (Å²) in [4.78, 5) is 17.0. The van der Waals surface area contributed by atoms with Crippen LogP contribution in [0.4, 0.5) is 4.39 Å². The molecule has 8 heteroatoms. The van der Waals surface area contributed by atoms with E-state index < -0.39 is 0 Å². The van der Waals surface area contributed by atoms with Gasteiger partial charge in [0.15, 0.2) is 11.5 Å². The standard InChI is InChI=1S/C23H16FN3O4/c24-18-7-5-15(6-8-18)21-26-23(31-27-21)17-3-1-2-16(11-17)22(28)25-12-14-4-9-19-20(10-14)30-13-29-19/h1-11H,12-13H2,(H,25,28). The van der Waals surface area contributed by atoms with Crippen LogP contribution >= 0.6 is 0 Å². The van der Waals surface area contributed by atoms with Crippen molar-refractivity contribution in [1.29, 1.82) is 0 Å². The molecule has 1 aliphatic heterocycles. The van der Waals surface area contributed by atoms with Crippen LogP contribution in [0.1, 0.15) is 15.9 Å². The van der Waals surface area contributed by atoms with E-state index in [0.29, 0.717) is 40.6 Å². The van der Waals surface area contributed by atoms with Crippen LogP contribution < -0.4 is 14.8 Å². The highest BCUT2D eigenvalue weighted by Crippen LogP contribution is 2.32. The first-order valence-corrected chi connectivity index (χ1v) is 9.52. The van der Waals surface area contributed by atoms with Gasteiger partial charge >= 0.3 is 0 Å². The van der Waals surface area contributed by atoms with Gasteiger partial charge in [0.05, 0.1) is 0 Å². The molecular formula is C23H16FN3O4. The molecule has 154 valence electrons. The van der Waals surface area contributed by atoms with Gasteiger partial charge in [-0.1, -0.05) is 17.3 Å². The van der Waals surface area contributed by atoms with Gasteiger partial charge in [-0.3, -0.25) is 4.79 Å². The van der Waals surface area contributed by atoms with Crippen molar-refractivity contribution >= 4 is 5.91 Å². The number of nitrogens with one attached hydrogen (secondary N) is 1. The Morgan fingerprint density at radius 1 is 0.968 bits per heavy atom. The van der Waals surface area contributed by atoms with Gasteiger partial charge < -0.3 is 19.3 Å². The zero-order chi connectivity index (χ0) is 21.2. The predicted octanol–water partition coefficient (Wildman–Crippen LogP) is 4.20. The van der Waals surface area contributed by atoms with Crippen LogP contribution in [0, 0.1) is 5.82 Å². The first kappa shape index (κ1) is 18.8. The van der Waals surface area contributed by atoms with E-state index in [1.807, 2.05) is 18.2 Å². The van der Waals surface area contributed by atoms with Gasteiger partial charge in [0.25, 0.3) is 11.8 Å². The largest absolute Gasteiger partial charge is 0.454 e. The lowest BCUT2D eigenvalue weighted by atomic mass is 10.1. The van der Waals surface area contributed by atoms with Gasteiger partial charge in [-0.15, -0.1) is 0 Å². The Kier molecular flexibility index (Phi) is 4.80. The van der Waals surface area contributed by atoms with Crippen molar-refractivity contribution < 1.29 is 23.2 Å². The second-order valence-electron chi connectivity index (χ2n) is 6.88. The highest BCUT2D eigenvalue weighted by molar-refractivity contribution is 5.95. The van der Waals surface area contributed by atoms with E-state index in [0.717, 1.165) is 5.56 Å². The zero-order valence-electron chi connectivity index (χ0n) is 16.2. The fraction of sp³-hybridized carbons (Fsp3) is 0.0870. The SMILES string of the molecule is O=C(NCc1ccc2c(c1)OCO2)c1cccc(-c2nc(-c3ccc(F)cc3)no2)c1. The first-order valence-electron chi connectivity index (χ1n) is 9.52. The summed E-state index contributed by atoms with van der Waals surface area (Å²) in [6, 6.07) is 18.2. The summed E-state index contributed by atoms with van der Waals surface area (Å²) in [7, 11) is 0. The van der Waals surface area contributed by atoms with Gasteiger partial charge in [0.1, 0.15) is 5.82 Å². The smallest absolute Gasteiger partial charge is 0.258 e. The maximum Gasteiger partial charge on any atom is 0.258 e. The van der Waals surface area contributed by atoms with Crippen molar-refractivity contribution in [3.05, 3.63) is 83.7 Å². The molecule has 0 atom stereocenters. The van der Waals surface area contributed by atoms with E-state index in [4.69, 9.17) is 14.0 Å². The summed E-state index contributed by atoms with van der Waals surface area (Å²) in [5.41, 5.74) is 2.60. The van der Waals surface area contributed by atoms with E-state index in [1.54, 1.807) is 36.4 Å². The number of carbonyl (C=O) groups excluding carboxylic acids is 1. The molecule has 0 saturated heterocycles. The van der Waals surface area contributed by atoms with Crippen molar-refractivity contribution in [2.45, 2.75) is 6.54 Å². The number of ether oxygens (including phenoxy) is 2. The van der Waals surface area contributed by atoms with Crippen LogP contribution in [0.3, 0.4) is 0 Å². The second kappa shape index (κ2) is 7.91. The minimum atomic E-state index is -0.341. The van der Waals surface area contributed by atoms with E-state index in [2.05, 4.69) is 15.5 Å². The number of aromatic nitrogens is 2. The van der Waals surface area contributed by atoms with Crippen LogP contribution in [-0.4, -0.2) is 22.8 Å². The zero-order valence-corrected chi connectivity index (χ0v) is 16.2. The number of fused-ring (bicyclic) bond motifs is 1.